The Morgan fingerprint density at radius 2 is 2.00 bits per heavy atom. The lowest BCUT2D eigenvalue weighted by atomic mass is 9.91. The van der Waals surface area contributed by atoms with E-state index in [1.807, 2.05) is 0 Å². The molecule has 2 heterocycles. The number of fused-ring (bicyclic) bond motifs is 1. The average molecular weight is 285 g/mol. The van der Waals surface area contributed by atoms with Gasteiger partial charge in [0.2, 0.25) is 5.91 Å². The van der Waals surface area contributed by atoms with Gasteiger partial charge >= 0.3 is 0 Å². The number of piperidine rings is 1. The van der Waals surface area contributed by atoms with E-state index in [-0.39, 0.29) is 11.8 Å². The molecule has 3 fully saturated rings. The van der Waals surface area contributed by atoms with E-state index in [1.165, 1.54) is 24.1 Å². The van der Waals surface area contributed by atoms with Crippen molar-refractivity contribution in [2.24, 2.45) is 5.92 Å². The molecule has 3 aliphatic rings. The first-order chi connectivity index (χ1) is 10.3. The highest BCUT2D eigenvalue weighted by Gasteiger charge is 2.40. The zero-order chi connectivity index (χ0) is 14.2. The summed E-state index contributed by atoms with van der Waals surface area (Å²) < 4.78 is 0. The molecule has 4 nitrogen and oxygen atoms in total. The summed E-state index contributed by atoms with van der Waals surface area (Å²) in [6.07, 6.45) is 4.81. The third-order valence-electron chi connectivity index (χ3n) is 5.04. The van der Waals surface area contributed by atoms with E-state index in [9.17, 15) is 4.79 Å². The van der Waals surface area contributed by atoms with Crippen molar-refractivity contribution in [3.63, 3.8) is 0 Å². The molecule has 1 saturated carbocycles. The fourth-order valence-electron chi connectivity index (χ4n) is 3.63. The van der Waals surface area contributed by atoms with E-state index in [2.05, 4.69) is 39.8 Å². The molecule has 1 amide bonds. The second kappa shape index (κ2) is 5.34. The number of carbonyl (C=O) groups is 1. The predicted molar refractivity (Wildman–Crippen MR) is 83.2 cm³/mol. The fraction of sp³-hybridized carbons (Fsp3) is 0.588. The Morgan fingerprint density at radius 3 is 2.76 bits per heavy atom. The summed E-state index contributed by atoms with van der Waals surface area (Å²) in [6, 6.07) is 9.98. The molecule has 2 unspecified atom stereocenters. The van der Waals surface area contributed by atoms with Crippen LogP contribution in [0.4, 0.5) is 5.69 Å². The number of carbonyl (C=O) groups excluding carboxylic acids is 1. The first kappa shape index (κ1) is 13.1. The number of benzene rings is 1. The fourth-order valence-corrected chi connectivity index (χ4v) is 3.63. The second-order valence-electron chi connectivity index (χ2n) is 6.58. The molecule has 4 heteroatoms. The molecule has 0 radical (unpaired) electrons. The van der Waals surface area contributed by atoms with E-state index >= 15 is 0 Å². The molecule has 0 aromatic heterocycles. The standard InChI is InChI=1S/C17H23N3O/c21-17-15-2-1-9-20(16(15)11-19-17)14-7-3-12(4-8-14)10-18-13-5-6-13/h3-4,7-8,13,15-16,18H,1-2,5-6,9-11H2,(H,19,21). The normalized spacial score (nSPS) is 28.4. The van der Waals surface area contributed by atoms with Gasteiger partial charge in [-0.15, -0.1) is 0 Å². The van der Waals surface area contributed by atoms with Crippen molar-refractivity contribution in [3.05, 3.63) is 29.8 Å². The van der Waals surface area contributed by atoms with Crippen molar-refractivity contribution < 1.29 is 4.79 Å². The highest BCUT2D eigenvalue weighted by atomic mass is 16.2. The van der Waals surface area contributed by atoms with Crippen LogP contribution in [0.25, 0.3) is 0 Å². The molecule has 1 aromatic rings. The molecule has 21 heavy (non-hydrogen) atoms. The van der Waals surface area contributed by atoms with Crippen molar-refractivity contribution in [2.45, 2.75) is 44.3 Å². The topological polar surface area (TPSA) is 44.4 Å². The van der Waals surface area contributed by atoms with Gasteiger partial charge in [-0.25, -0.2) is 0 Å². The van der Waals surface area contributed by atoms with Crippen LogP contribution in [0, 0.1) is 5.92 Å². The van der Waals surface area contributed by atoms with Gasteiger partial charge in [0.05, 0.1) is 12.0 Å². The molecular formula is C17H23N3O. The zero-order valence-corrected chi connectivity index (χ0v) is 12.3. The zero-order valence-electron chi connectivity index (χ0n) is 12.3. The Morgan fingerprint density at radius 1 is 1.19 bits per heavy atom. The first-order valence-electron chi connectivity index (χ1n) is 8.18. The molecule has 1 aliphatic carbocycles. The molecule has 2 N–H and O–H groups in total. The number of rotatable bonds is 4. The van der Waals surface area contributed by atoms with Crippen molar-refractivity contribution in [1.29, 1.82) is 0 Å². The minimum Gasteiger partial charge on any atom is -0.366 e. The lowest BCUT2D eigenvalue weighted by Gasteiger charge is -2.37. The smallest absolute Gasteiger partial charge is 0.225 e. The van der Waals surface area contributed by atoms with Gasteiger partial charge in [0.1, 0.15) is 0 Å². The Kier molecular flexibility index (Phi) is 3.34. The Hall–Kier alpha value is -1.55. The highest BCUT2D eigenvalue weighted by molar-refractivity contribution is 5.83. The van der Waals surface area contributed by atoms with Crippen molar-refractivity contribution in [1.82, 2.24) is 10.6 Å². The van der Waals surface area contributed by atoms with Gasteiger partial charge in [0.25, 0.3) is 0 Å². The van der Waals surface area contributed by atoms with Crippen LogP contribution in [0.5, 0.6) is 0 Å². The SMILES string of the molecule is O=C1NCC2C1CCCN2c1ccc(CNC2CC2)cc1. The minimum atomic E-state index is 0.190. The largest absolute Gasteiger partial charge is 0.366 e. The van der Waals surface area contributed by atoms with E-state index in [0.717, 1.165) is 38.5 Å². The molecule has 1 aromatic carbocycles. The van der Waals surface area contributed by atoms with Crippen LogP contribution in [0.2, 0.25) is 0 Å². The third-order valence-corrected chi connectivity index (χ3v) is 5.04. The summed E-state index contributed by atoms with van der Waals surface area (Å²) in [5.74, 6) is 0.435. The van der Waals surface area contributed by atoms with Gasteiger partial charge in [-0.1, -0.05) is 12.1 Å². The summed E-state index contributed by atoms with van der Waals surface area (Å²) in [5, 5.41) is 6.57. The minimum absolute atomic E-state index is 0.190. The van der Waals surface area contributed by atoms with Crippen LogP contribution in [-0.4, -0.2) is 31.1 Å². The third kappa shape index (κ3) is 2.64. The Balaban J connectivity index is 1.46. The van der Waals surface area contributed by atoms with Crippen LogP contribution < -0.4 is 15.5 Å². The number of nitrogens with one attached hydrogen (secondary N) is 2. The van der Waals surface area contributed by atoms with E-state index in [1.54, 1.807) is 0 Å². The number of hydrogen-bond donors (Lipinski definition) is 2. The molecule has 4 rings (SSSR count). The maximum Gasteiger partial charge on any atom is 0.225 e. The van der Waals surface area contributed by atoms with Gasteiger partial charge in [0.15, 0.2) is 0 Å². The second-order valence-corrected chi connectivity index (χ2v) is 6.58. The van der Waals surface area contributed by atoms with Gasteiger partial charge in [-0.3, -0.25) is 4.79 Å². The molecule has 0 bridgehead atoms. The molecule has 2 atom stereocenters. The summed E-state index contributed by atoms with van der Waals surface area (Å²) in [7, 11) is 0. The van der Waals surface area contributed by atoms with Gasteiger partial charge in [-0.05, 0) is 43.4 Å². The summed E-state index contributed by atoms with van der Waals surface area (Å²) in [5.41, 5.74) is 2.61. The van der Waals surface area contributed by atoms with Crippen LogP contribution >= 0.6 is 0 Å². The summed E-state index contributed by atoms with van der Waals surface area (Å²) in [6.45, 7) is 2.83. The van der Waals surface area contributed by atoms with Gasteiger partial charge < -0.3 is 15.5 Å². The van der Waals surface area contributed by atoms with Gasteiger partial charge in [0, 0.05) is 31.4 Å². The number of hydrogen-bond acceptors (Lipinski definition) is 3. The molecule has 0 spiro atoms. The van der Waals surface area contributed by atoms with E-state index in [0.29, 0.717) is 6.04 Å². The van der Waals surface area contributed by atoms with Crippen LogP contribution in [0.3, 0.4) is 0 Å². The van der Waals surface area contributed by atoms with Crippen LogP contribution in [-0.2, 0) is 11.3 Å². The number of amides is 1. The number of anilines is 1. The van der Waals surface area contributed by atoms with E-state index < -0.39 is 0 Å². The maximum atomic E-state index is 11.8. The van der Waals surface area contributed by atoms with Crippen LogP contribution in [0.1, 0.15) is 31.2 Å². The monoisotopic (exact) mass is 285 g/mol. The Bertz CT molecular complexity index is 523. The van der Waals surface area contributed by atoms with Crippen molar-refractivity contribution in [2.75, 3.05) is 18.0 Å². The Labute approximate surface area is 125 Å². The summed E-state index contributed by atoms with van der Waals surface area (Å²) >= 11 is 0. The lowest BCUT2D eigenvalue weighted by Crippen LogP contribution is -2.45. The molecule has 2 saturated heterocycles. The molecule has 112 valence electrons. The predicted octanol–water partition coefficient (Wildman–Crippen LogP) is 1.65. The quantitative estimate of drug-likeness (QED) is 0.884. The molecular weight excluding hydrogens is 262 g/mol. The van der Waals surface area contributed by atoms with Gasteiger partial charge in [-0.2, -0.15) is 0 Å². The first-order valence-corrected chi connectivity index (χ1v) is 8.18. The molecule has 2 aliphatic heterocycles. The number of nitrogens with zero attached hydrogens (tertiary/aromatic N) is 1. The summed E-state index contributed by atoms with van der Waals surface area (Å²) in [4.78, 5) is 14.3. The van der Waals surface area contributed by atoms with Crippen molar-refractivity contribution in [3.8, 4) is 0 Å². The lowest BCUT2D eigenvalue weighted by molar-refractivity contribution is -0.122. The maximum absolute atomic E-state index is 11.8. The van der Waals surface area contributed by atoms with E-state index in [4.69, 9.17) is 0 Å². The average Bonchev–Trinajstić information content (AvgIpc) is 3.28. The highest BCUT2D eigenvalue weighted by Crippen LogP contribution is 2.31. The van der Waals surface area contributed by atoms with Crippen LogP contribution in [0.15, 0.2) is 24.3 Å². The van der Waals surface area contributed by atoms with Crippen molar-refractivity contribution >= 4 is 11.6 Å².